The molecule has 132 valence electrons. The zero-order chi connectivity index (χ0) is 17.6. The molecule has 6 heteroatoms. The lowest BCUT2D eigenvalue weighted by atomic mass is 10.0. The molecule has 1 aromatic heterocycles. The molecule has 25 heavy (non-hydrogen) atoms. The molecule has 1 aliphatic rings. The molecule has 2 heterocycles. The molecule has 3 rings (SSSR count). The quantitative estimate of drug-likeness (QED) is 0.523. The Hall–Kier alpha value is -1.31. The van der Waals surface area contributed by atoms with Crippen LogP contribution in [0.15, 0.2) is 46.9 Å². The van der Waals surface area contributed by atoms with Crippen molar-refractivity contribution in [3.63, 3.8) is 0 Å². The van der Waals surface area contributed by atoms with E-state index in [1.165, 1.54) is 11.6 Å². The van der Waals surface area contributed by atoms with E-state index in [1.54, 1.807) is 6.08 Å². The second kappa shape index (κ2) is 8.87. The van der Waals surface area contributed by atoms with Gasteiger partial charge in [-0.15, -0.1) is 0 Å². The molecule has 0 radical (unpaired) electrons. The minimum atomic E-state index is -0.0671. The number of hydrogen-bond donors (Lipinski definition) is 1. The van der Waals surface area contributed by atoms with Gasteiger partial charge in [-0.2, -0.15) is 0 Å². The summed E-state index contributed by atoms with van der Waals surface area (Å²) in [6, 6.07) is 11.9. The SMILES string of the molecule is O=C(/C=C/c1ccc(I)o1)NC1CCN(Cc2ccc(Cl)cc2)CC1. The average Bonchev–Trinajstić information content (AvgIpc) is 3.02. The van der Waals surface area contributed by atoms with Gasteiger partial charge in [0, 0.05) is 36.8 Å². The van der Waals surface area contributed by atoms with Gasteiger partial charge in [0.1, 0.15) is 5.76 Å². The van der Waals surface area contributed by atoms with Gasteiger partial charge in [-0.3, -0.25) is 9.69 Å². The van der Waals surface area contributed by atoms with Crippen molar-refractivity contribution in [1.82, 2.24) is 10.2 Å². The maximum atomic E-state index is 12.0. The summed E-state index contributed by atoms with van der Waals surface area (Å²) >= 11 is 8.02. The minimum absolute atomic E-state index is 0.0671. The molecule has 0 unspecified atom stereocenters. The van der Waals surface area contributed by atoms with Crippen molar-refractivity contribution >= 4 is 46.2 Å². The molecule has 1 saturated heterocycles. The Balaban J connectivity index is 1.42. The second-order valence-corrected chi connectivity index (χ2v) is 7.66. The van der Waals surface area contributed by atoms with Crippen molar-refractivity contribution in [3.05, 3.63) is 62.6 Å². The predicted molar refractivity (Wildman–Crippen MR) is 108 cm³/mol. The molecule has 0 bridgehead atoms. The second-order valence-electron chi connectivity index (χ2n) is 6.16. The van der Waals surface area contributed by atoms with Crippen LogP contribution in [-0.2, 0) is 11.3 Å². The molecule has 1 amide bonds. The van der Waals surface area contributed by atoms with E-state index in [9.17, 15) is 4.79 Å². The van der Waals surface area contributed by atoms with E-state index in [0.717, 1.165) is 41.3 Å². The maximum absolute atomic E-state index is 12.0. The van der Waals surface area contributed by atoms with Crippen molar-refractivity contribution in [2.75, 3.05) is 13.1 Å². The summed E-state index contributed by atoms with van der Waals surface area (Å²) in [6.45, 7) is 2.89. The van der Waals surface area contributed by atoms with Gasteiger partial charge in [0.15, 0.2) is 3.77 Å². The van der Waals surface area contributed by atoms with Gasteiger partial charge >= 0.3 is 0 Å². The minimum Gasteiger partial charge on any atom is -0.451 e. The number of nitrogens with zero attached hydrogens (tertiary/aromatic N) is 1. The van der Waals surface area contributed by atoms with Crippen LogP contribution in [0.25, 0.3) is 6.08 Å². The summed E-state index contributed by atoms with van der Waals surface area (Å²) in [5.74, 6) is 0.625. The van der Waals surface area contributed by atoms with Crippen molar-refractivity contribution in [2.45, 2.75) is 25.4 Å². The summed E-state index contributed by atoms with van der Waals surface area (Å²) < 4.78 is 6.22. The zero-order valence-corrected chi connectivity index (χ0v) is 16.7. The summed E-state index contributed by atoms with van der Waals surface area (Å²) in [6.07, 6.45) is 5.17. The standard InChI is InChI=1S/C19H20ClIN2O2/c20-15-3-1-14(2-4-15)13-23-11-9-16(10-12-23)22-19(24)8-6-17-5-7-18(21)25-17/h1-8,16H,9-13H2,(H,22,24)/b8-6+. The van der Waals surface area contributed by atoms with E-state index in [0.29, 0.717) is 5.76 Å². The lowest BCUT2D eigenvalue weighted by Gasteiger charge is -2.32. The highest BCUT2D eigenvalue weighted by Gasteiger charge is 2.20. The number of carbonyl (C=O) groups is 1. The Bertz CT molecular complexity index is 734. The fourth-order valence-corrected chi connectivity index (χ4v) is 3.47. The third-order valence-electron chi connectivity index (χ3n) is 4.25. The normalized spacial score (nSPS) is 16.4. The molecule has 1 fully saturated rings. The number of hydrogen-bond acceptors (Lipinski definition) is 3. The lowest BCUT2D eigenvalue weighted by Crippen LogP contribution is -2.43. The molecule has 1 aliphatic heterocycles. The highest BCUT2D eigenvalue weighted by molar-refractivity contribution is 14.1. The first-order valence-corrected chi connectivity index (χ1v) is 9.75. The molecule has 0 spiro atoms. The van der Waals surface area contributed by atoms with Crippen LogP contribution in [0, 0.1) is 3.77 Å². The van der Waals surface area contributed by atoms with E-state index in [2.05, 4.69) is 44.9 Å². The first-order chi connectivity index (χ1) is 12.1. The Morgan fingerprint density at radius 2 is 1.96 bits per heavy atom. The molecule has 4 nitrogen and oxygen atoms in total. The number of furan rings is 1. The molecular formula is C19H20ClIN2O2. The molecule has 2 aromatic rings. The fourth-order valence-electron chi connectivity index (χ4n) is 2.91. The lowest BCUT2D eigenvalue weighted by molar-refractivity contribution is -0.117. The Labute approximate surface area is 166 Å². The van der Waals surface area contributed by atoms with Crippen LogP contribution in [0.5, 0.6) is 0 Å². The number of carbonyl (C=O) groups excluding carboxylic acids is 1. The van der Waals surface area contributed by atoms with Crippen LogP contribution in [0.2, 0.25) is 5.02 Å². The van der Waals surface area contributed by atoms with Crippen LogP contribution in [0.3, 0.4) is 0 Å². The highest BCUT2D eigenvalue weighted by Crippen LogP contribution is 2.16. The first kappa shape index (κ1) is 18.5. The Morgan fingerprint density at radius 3 is 2.60 bits per heavy atom. The number of nitrogens with one attached hydrogen (secondary N) is 1. The first-order valence-electron chi connectivity index (χ1n) is 8.29. The number of likely N-dealkylation sites (tertiary alicyclic amines) is 1. The summed E-state index contributed by atoms with van der Waals surface area (Å²) in [5, 5.41) is 3.84. The van der Waals surface area contributed by atoms with Crippen molar-refractivity contribution in [2.24, 2.45) is 0 Å². The number of amides is 1. The summed E-state index contributed by atoms with van der Waals surface area (Å²) in [7, 11) is 0. The molecule has 0 saturated carbocycles. The predicted octanol–water partition coefficient (Wildman–Crippen LogP) is 4.33. The van der Waals surface area contributed by atoms with Crippen LogP contribution in [0.1, 0.15) is 24.2 Å². The molecule has 1 N–H and O–H groups in total. The largest absolute Gasteiger partial charge is 0.451 e. The van der Waals surface area contributed by atoms with Gasteiger partial charge in [0.25, 0.3) is 0 Å². The van der Waals surface area contributed by atoms with E-state index in [4.69, 9.17) is 16.0 Å². The number of benzene rings is 1. The average molecular weight is 471 g/mol. The van der Waals surface area contributed by atoms with Crippen molar-refractivity contribution < 1.29 is 9.21 Å². The van der Waals surface area contributed by atoms with Gasteiger partial charge < -0.3 is 9.73 Å². The van der Waals surface area contributed by atoms with Crippen LogP contribution in [0.4, 0.5) is 0 Å². The van der Waals surface area contributed by atoms with Crippen LogP contribution >= 0.6 is 34.2 Å². The number of halogens is 2. The molecular weight excluding hydrogens is 451 g/mol. The molecule has 0 aliphatic carbocycles. The molecule has 1 aromatic carbocycles. The molecule has 0 atom stereocenters. The van der Waals surface area contributed by atoms with Gasteiger partial charge in [-0.05, 0) is 71.3 Å². The summed E-state index contributed by atoms with van der Waals surface area (Å²) in [4.78, 5) is 14.4. The van der Waals surface area contributed by atoms with E-state index < -0.39 is 0 Å². The van der Waals surface area contributed by atoms with Crippen molar-refractivity contribution in [3.8, 4) is 0 Å². The third-order valence-corrected chi connectivity index (χ3v) is 5.08. The van der Waals surface area contributed by atoms with Gasteiger partial charge in [-0.1, -0.05) is 23.7 Å². The smallest absolute Gasteiger partial charge is 0.244 e. The van der Waals surface area contributed by atoms with Crippen molar-refractivity contribution in [1.29, 1.82) is 0 Å². The van der Waals surface area contributed by atoms with E-state index in [-0.39, 0.29) is 11.9 Å². The number of rotatable bonds is 5. The van der Waals surface area contributed by atoms with Crippen LogP contribution in [-0.4, -0.2) is 29.9 Å². The zero-order valence-electron chi connectivity index (χ0n) is 13.8. The van der Waals surface area contributed by atoms with Gasteiger partial charge in [0.05, 0.1) is 0 Å². The Kier molecular flexibility index (Phi) is 6.56. The topological polar surface area (TPSA) is 45.5 Å². The fraction of sp³-hybridized carbons (Fsp3) is 0.316. The summed E-state index contributed by atoms with van der Waals surface area (Å²) in [5.41, 5.74) is 1.27. The van der Waals surface area contributed by atoms with Gasteiger partial charge in [0.2, 0.25) is 5.91 Å². The third kappa shape index (κ3) is 5.87. The van der Waals surface area contributed by atoms with E-state index >= 15 is 0 Å². The maximum Gasteiger partial charge on any atom is 0.244 e. The highest BCUT2D eigenvalue weighted by atomic mass is 127. The monoisotopic (exact) mass is 470 g/mol. The number of piperidine rings is 1. The Morgan fingerprint density at radius 1 is 1.24 bits per heavy atom. The van der Waals surface area contributed by atoms with E-state index in [1.807, 2.05) is 24.3 Å². The van der Waals surface area contributed by atoms with Gasteiger partial charge in [-0.25, -0.2) is 0 Å². The van der Waals surface area contributed by atoms with Crippen LogP contribution < -0.4 is 5.32 Å².